The van der Waals surface area contributed by atoms with Crippen molar-refractivity contribution in [1.82, 2.24) is 4.90 Å². The Balaban J connectivity index is 1.89. The van der Waals surface area contributed by atoms with Crippen LogP contribution in [0.3, 0.4) is 0 Å². The third kappa shape index (κ3) is 2.13. The summed E-state index contributed by atoms with van der Waals surface area (Å²) in [4.78, 5) is 24.6. The maximum Gasteiger partial charge on any atom is 0.306 e. The molecule has 0 spiro atoms. The quantitative estimate of drug-likeness (QED) is 0.744. The Bertz CT molecular complexity index is 271. The lowest BCUT2D eigenvalue weighted by Crippen LogP contribution is -2.33. The van der Waals surface area contributed by atoms with E-state index < -0.39 is 5.97 Å². The summed E-state index contributed by atoms with van der Waals surface area (Å²) in [5.41, 5.74) is 0. The normalized spacial score (nSPS) is 30.8. The predicted octanol–water partition coefficient (Wildman–Crippen LogP) is 1.11. The molecule has 0 aromatic carbocycles. The Morgan fingerprint density at radius 2 is 1.67 bits per heavy atom. The minimum Gasteiger partial charge on any atom is -0.481 e. The maximum absolute atomic E-state index is 11.9. The molecule has 0 bridgehead atoms. The number of nitrogens with zero attached hydrogens (tertiary/aromatic N) is 1. The second-order valence-corrected chi connectivity index (χ2v) is 4.58. The first kappa shape index (κ1) is 10.5. The number of likely N-dealkylation sites (tertiary alicyclic amines) is 1. The van der Waals surface area contributed by atoms with Crippen molar-refractivity contribution in [3.63, 3.8) is 0 Å². The van der Waals surface area contributed by atoms with Crippen molar-refractivity contribution in [1.29, 1.82) is 0 Å². The zero-order chi connectivity index (χ0) is 10.8. The highest BCUT2D eigenvalue weighted by molar-refractivity contribution is 5.81. The largest absolute Gasteiger partial charge is 0.481 e. The maximum atomic E-state index is 11.9. The van der Waals surface area contributed by atoms with Gasteiger partial charge in [-0.05, 0) is 32.1 Å². The van der Waals surface area contributed by atoms with Crippen LogP contribution >= 0.6 is 0 Å². The number of carboxylic acid groups (broad SMARTS) is 1. The van der Waals surface area contributed by atoms with E-state index in [9.17, 15) is 9.59 Å². The summed E-state index contributed by atoms with van der Waals surface area (Å²) in [5, 5.41) is 8.85. The summed E-state index contributed by atoms with van der Waals surface area (Å²) in [5.74, 6) is -0.867. The van der Waals surface area contributed by atoms with Gasteiger partial charge in [-0.3, -0.25) is 9.59 Å². The van der Waals surface area contributed by atoms with Gasteiger partial charge in [0, 0.05) is 19.0 Å². The van der Waals surface area contributed by atoms with Crippen LogP contribution in [0.1, 0.15) is 32.1 Å². The van der Waals surface area contributed by atoms with Gasteiger partial charge in [0.1, 0.15) is 0 Å². The number of carbonyl (C=O) groups excluding carboxylic acids is 1. The molecule has 84 valence electrons. The molecule has 2 fully saturated rings. The van der Waals surface area contributed by atoms with Crippen LogP contribution < -0.4 is 0 Å². The summed E-state index contributed by atoms with van der Waals surface area (Å²) in [6.07, 6.45) is 4.16. The fourth-order valence-electron chi connectivity index (χ4n) is 2.63. The number of aliphatic carboxylic acids is 1. The van der Waals surface area contributed by atoms with Crippen LogP contribution in [-0.4, -0.2) is 35.0 Å². The van der Waals surface area contributed by atoms with Crippen LogP contribution in [0.25, 0.3) is 0 Å². The number of amides is 1. The molecule has 4 nitrogen and oxygen atoms in total. The third-order valence-corrected chi connectivity index (χ3v) is 3.55. The van der Waals surface area contributed by atoms with E-state index in [-0.39, 0.29) is 17.7 Å². The first-order valence-electron chi connectivity index (χ1n) is 5.70. The Hall–Kier alpha value is -1.06. The van der Waals surface area contributed by atoms with E-state index in [2.05, 4.69) is 0 Å². The fourth-order valence-corrected chi connectivity index (χ4v) is 2.63. The SMILES string of the molecule is O=C(O)[C@H]1CC[C@@H](C(=O)N2CCCC2)C1. The van der Waals surface area contributed by atoms with Crippen molar-refractivity contribution >= 4 is 11.9 Å². The highest BCUT2D eigenvalue weighted by Gasteiger charge is 2.36. The lowest BCUT2D eigenvalue weighted by atomic mass is 10.0. The molecule has 1 heterocycles. The first-order valence-corrected chi connectivity index (χ1v) is 5.70. The summed E-state index contributed by atoms with van der Waals surface area (Å²) < 4.78 is 0. The van der Waals surface area contributed by atoms with Gasteiger partial charge in [0.05, 0.1) is 5.92 Å². The highest BCUT2D eigenvalue weighted by Crippen LogP contribution is 2.32. The van der Waals surface area contributed by atoms with Crippen molar-refractivity contribution in [3.05, 3.63) is 0 Å². The van der Waals surface area contributed by atoms with E-state index in [0.29, 0.717) is 12.8 Å². The van der Waals surface area contributed by atoms with E-state index in [1.807, 2.05) is 4.90 Å². The molecule has 0 aromatic heterocycles. The zero-order valence-corrected chi connectivity index (χ0v) is 8.82. The Morgan fingerprint density at radius 3 is 2.20 bits per heavy atom. The standard InChI is InChI=1S/C11H17NO3/c13-10(12-5-1-2-6-12)8-3-4-9(7-8)11(14)15/h8-9H,1-7H2,(H,14,15)/t8-,9+/m1/s1. The smallest absolute Gasteiger partial charge is 0.306 e. The van der Waals surface area contributed by atoms with E-state index in [1.165, 1.54) is 0 Å². The molecule has 1 saturated carbocycles. The number of hydrogen-bond donors (Lipinski definition) is 1. The summed E-state index contributed by atoms with van der Waals surface area (Å²) >= 11 is 0. The topological polar surface area (TPSA) is 57.6 Å². The van der Waals surface area contributed by atoms with E-state index in [4.69, 9.17) is 5.11 Å². The van der Waals surface area contributed by atoms with Crippen LogP contribution in [-0.2, 0) is 9.59 Å². The van der Waals surface area contributed by atoms with Crippen LogP contribution in [0.4, 0.5) is 0 Å². The van der Waals surface area contributed by atoms with Gasteiger partial charge in [0.2, 0.25) is 5.91 Å². The lowest BCUT2D eigenvalue weighted by Gasteiger charge is -2.19. The van der Waals surface area contributed by atoms with Gasteiger partial charge in [0.25, 0.3) is 0 Å². The summed E-state index contributed by atoms with van der Waals surface area (Å²) in [6.45, 7) is 1.74. The zero-order valence-electron chi connectivity index (χ0n) is 8.82. The van der Waals surface area contributed by atoms with E-state index in [0.717, 1.165) is 32.4 Å². The average Bonchev–Trinajstić information content (AvgIpc) is 2.88. The van der Waals surface area contributed by atoms with E-state index >= 15 is 0 Å². The van der Waals surface area contributed by atoms with Crippen LogP contribution in [0, 0.1) is 11.8 Å². The van der Waals surface area contributed by atoms with Crippen LogP contribution in [0.2, 0.25) is 0 Å². The molecule has 1 saturated heterocycles. The molecule has 0 unspecified atom stereocenters. The summed E-state index contributed by atoms with van der Waals surface area (Å²) in [6, 6.07) is 0. The summed E-state index contributed by atoms with van der Waals surface area (Å²) in [7, 11) is 0. The number of hydrogen-bond acceptors (Lipinski definition) is 2. The van der Waals surface area contributed by atoms with Gasteiger partial charge in [0.15, 0.2) is 0 Å². The molecular weight excluding hydrogens is 194 g/mol. The minimum absolute atomic E-state index is 0.0239. The predicted molar refractivity (Wildman–Crippen MR) is 54.3 cm³/mol. The second-order valence-electron chi connectivity index (χ2n) is 4.58. The number of carboxylic acids is 1. The van der Waals surface area contributed by atoms with Crippen molar-refractivity contribution in [3.8, 4) is 0 Å². The Kier molecular flexibility index (Phi) is 2.93. The van der Waals surface area contributed by atoms with E-state index in [1.54, 1.807) is 0 Å². The van der Waals surface area contributed by atoms with Gasteiger partial charge in [-0.15, -0.1) is 0 Å². The van der Waals surface area contributed by atoms with Crippen molar-refractivity contribution in [2.75, 3.05) is 13.1 Å². The second kappa shape index (κ2) is 4.21. The molecule has 2 atom stereocenters. The molecule has 1 amide bonds. The van der Waals surface area contributed by atoms with Crippen LogP contribution in [0.15, 0.2) is 0 Å². The molecule has 0 radical (unpaired) electrons. The number of rotatable bonds is 2. The van der Waals surface area contributed by atoms with Gasteiger partial charge in [-0.25, -0.2) is 0 Å². The number of carbonyl (C=O) groups is 2. The third-order valence-electron chi connectivity index (χ3n) is 3.55. The molecule has 1 aliphatic carbocycles. The van der Waals surface area contributed by atoms with Gasteiger partial charge < -0.3 is 10.0 Å². The highest BCUT2D eigenvalue weighted by atomic mass is 16.4. The monoisotopic (exact) mass is 211 g/mol. The van der Waals surface area contributed by atoms with Gasteiger partial charge in [-0.2, -0.15) is 0 Å². The lowest BCUT2D eigenvalue weighted by molar-refractivity contribution is -0.141. The van der Waals surface area contributed by atoms with Gasteiger partial charge >= 0.3 is 5.97 Å². The fraction of sp³-hybridized carbons (Fsp3) is 0.818. The van der Waals surface area contributed by atoms with Crippen molar-refractivity contribution in [2.24, 2.45) is 11.8 Å². The van der Waals surface area contributed by atoms with Crippen molar-refractivity contribution in [2.45, 2.75) is 32.1 Å². The molecule has 2 rings (SSSR count). The van der Waals surface area contributed by atoms with Crippen molar-refractivity contribution < 1.29 is 14.7 Å². The molecule has 4 heteroatoms. The molecule has 1 N–H and O–H groups in total. The average molecular weight is 211 g/mol. The molecule has 1 aliphatic heterocycles. The molecule has 15 heavy (non-hydrogen) atoms. The Labute approximate surface area is 89.3 Å². The Morgan fingerprint density at radius 1 is 1.07 bits per heavy atom. The minimum atomic E-state index is -0.744. The molecule has 2 aliphatic rings. The van der Waals surface area contributed by atoms with Gasteiger partial charge in [-0.1, -0.05) is 0 Å². The molecule has 0 aromatic rings. The van der Waals surface area contributed by atoms with Crippen LogP contribution in [0.5, 0.6) is 0 Å². The molecular formula is C11H17NO3. The first-order chi connectivity index (χ1) is 7.18.